The van der Waals surface area contributed by atoms with Crippen molar-refractivity contribution >= 4 is 21.4 Å². The molecule has 1 fully saturated rings. The molecule has 0 aromatic carbocycles. The van der Waals surface area contributed by atoms with Gasteiger partial charge in [0.15, 0.2) is 16.1 Å². The van der Waals surface area contributed by atoms with Crippen LogP contribution in [0.1, 0.15) is 6.42 Å². The van der Waals surface area contributed by atoms with Gasteiger partial charge < -0.3 is 9.84 Å². The van der Waals surface area contributed by atoms with E-state index < -0.39 is 16.1 Å². The number of epoxide rings is 1. The van der Waals surface area contributed by atoms with Crippen LogP contribution in [0.3, 0.4) is 0 Å². The number of sulfone groups is 1. The molecule has 72 valence electrons. The molecule has 1 aliphatic rings. The molecule has 2 atom stereocenters. The van der Waals surface area contributed by atoms with Crippen LogP contribution < -0.4 is 0 Å². The Bertz CT molecular complexity index is 238. The topological polar surface area (TPSA) is 66.9 Å². The van der Waals surface area contributed by atoms with Crippen LogP contribution in [0.2, 0.25) is 0 Å². The number of alkyl halides is 1. The van der Waals surface area contributed by atoms with Gasteiger partial charge in [-0.15, -0.1) is 11.6 Å². The first-order valence-corrected chi connectivity index (χ1v) is 6.01. The molecule has 6 heteroatoms. The largest absolute Gasteiger partial charge is 0.366 e. The zero-order chi connectivity index (χ0) is 9.19. The molecule has 4 nitrogen and oxygen atoms in total. The summed E-state index contributed by atoms with van der Waals surface area (Å²) in [7, 11) is -3.03. The zero-order valence-corrected chi connectivity index (χ0v) is 8.01. The van der Waals surface area contributed by atoms with E-state index in [-0.39, 0.29) is 23.5 Å². The van der Waals surface area contributed by atoms with Gasteiger partial charge >= 0.3 is 0 Å². The van der Waals surface area contributed by atoms with Gasteiger partial charge in [-0.25, -0.2) is 8.42 Å². The highest BCUT2D eigenvalue weighted by Gasteiger charge is 2.37. The van der Waals surface area contributed by atoms with Crippen molar-refractivity contribution in [2.75, 3.05) is 17.4 Å². The SMILES string of the molecule is O=S(=O)(CCCl)CCC1OC1O. The maximum atomic E-state index is 11.0. The fourth-order valence-corrected chi connectivity index (χ4v) is 2.60. The van der Waals surface area contributed by atoms with Crippen LogP contribution in [0.15, 0.2) is 0 Å². The molecular formula is C6H11ClO4S. The normalized spacial score (nSPS) is 28.8. The summed E-state index contributed by atoms with van der Waals surface area (Å²) in [5, 5.41) is 8.71. The molecule has 0 spiro atoms. The summed E-state index contributed by atoms with van der Waals surface area (Å²) in [6.07, 6.45) is -0.674. The standard InChI is InChI=1S/C6H11ClO4S/c7-2-4-12(9,10)3-1-5-6(8)11-5/h5-6,8H,1-4H2. The fourth-order valence-electron chi connectivity index (χ4n) is 0.860. The van der Waals surface area contributed by atoms with E-state index in [2.05, 4.69) is 4.74 Å². The van der Waals surface area contributed by atoms with Crippen molar-refractivity contribution in [2.24, 2.45) is 0 Å². The van der Waals surface area contributed by atoms with E-state index in [1.165, 1.54) is 0 Å². The minimum Gasteiger partial charge on any atom is -0.366 e. The summed E-state index contributed by atoms with van der Waals surface area (Å²) >= 11 is 5.29. The lowest BCUT2D eigenvalue weighted by Crippen LogP contribution is -2.14. The van der Waals surface area contributed by atoms with Gasteiger partial charge in [0.2, 0.25) is 0 Å². The Balaban J connectivity index is 2.21. The Kier molecular flexibility index (Phi) is 3.34. The lowest BCUT2D eigenvalue weighted by molar-refractivity contribution is 0.156. The Morgan fingerprint density at radius 1 is 1.42 bits per heavy atom. The van der Waals surface area contributed by atoms with Gasteiger partial charge in [-0.3, -0.25) is 0 Å². The third kappa shape index (κ3) is 3.26. The molecule has 12 heavy (non-hydrogen) atoms. The molecule has 2 unspecified atom stereocenters. The number of hydrogen-bond donors (Lipinski definition) is 1. The third-order valence-corrected chi connectivity index (χ3v) is 3.75. The van der Waals surface area contributed by atoms with Crippen molar-refractivity contribution < 1.29 is 18.3 Å². The Labute approximate surface area is 76.4 Å². The van der Waals surface area contributed by atoms with Crippen molar-refractivity contribution in [1.29, 1.82) is 0 Å². The molecule has 0 aromatic heterocycles. The molecule has 0 aliphatic carbocycles. The first-order chi connectivity index (χ1) is 5.55. The lowest BCUT2D eigenvalue weighted by Gasteiger charge is -1.98. The third-order valence-electron chi connectivity index (χ3n) is 1.66. The van der Waals surface area contributed by atoms with Crippen LogP contribution in [0.5, 0.6) is 0 Å². The predicted molar refractivity (Wildman–Crippen MR) is 44.9 cm³/mol. The van der Waals surface area contributed by atoms with Crippen LogP contribution in [0.4, 0.5) is 0 Å². The van der Waals surface area contributed by atoms with Crippen LogP contribution >= 0.6 is 11.6 Å². The van der Waals surface area contributed by atoms with Crippen LogP contribution in [0, 0.1) is 0 Å². The van der Waals surface area contributed by atoms with Gasteiger partial charge in [0, 0.05) is 5.88 Å². The summed E-state index contributed by atoms with van der Waals surface area (Å²) in [4.78, 5) is 0. The molecule has 1 rings (SSSR count). The number of halogens is 1. The average molecular weight is 215 g/mol. The average Bonchev–Trinajstić information content (AvgIpc) is 2.63. The summed E-state index contributed by atoms with van der Waals surface area (Å²) < 4.78 is 26.7. The Morgan fingerprint density at radius 2 is 2.00 bits per heavy atom. The highest BCUT2D eigenvalue weighted by molar-refractivity contribution is 7.91. The maximum Gasteiger partial charge on any atom is 0.181 e. The summed E-state index contributed by atoms with van der Waals surface area (Å²) in [6, 6.07) is 0. The van der Waals surface area contributed by atoms with Gasteiger partial charge in [-0.05, 0) is 6.42 Å². The second-order valence-electron chi connectivity index (χ2n) is 2.69. The van der Waals surface area contributed by atoms with Crippen LogP contribution in [0.25, 0.3) is 0 Å². The van der Waals surface area contributed by atoms with Crippen molar-refractivity contribution in [1.82, 2.24) is 0 Å². The lowest BCUT2D eigenvalue weighted by atomic mass is 10.4. The monoisotopic (exact) mass is 214 g/mol. The smallest absolute Gasteiger partial charge is 0.181 e. The minimum atomic E-state index is -3.03. The first kappa shape index (κ1) is 10.2. The van der Waals surface area contributed by atoms with E-state index >= 15 is 0 Å². The highest BCUT2D eigenvalue weighted by atomic mass is 35.5. The van der Waals surface area contributed by atoms with Crippen molar-refractivity contribution in [3.05, 3.63) is 0 Å². The second-order valence-corrected chi connectivity index (χ2v) is 5.38. The van der Waals surface area contributed by atoms with Gasteiger partial charge in [0.25, 0.3) is 0 Å². The quantitative estimate of drug-likeness (QED) is 0.506. The van der Waals surface area contributed by atoms with E-state index in [1.807, 2.05) is 0 Å². The van der Waals surface area contributed by atoms with Gasteiger partial charge in [0.1, 0.15) is 6.10 Å². The number of aliphatic hydroxyl groups is 1. The molecular weight excluding hydrogens is 204 g/mol. The number of hydrogen-bond acceptors (Lipinski definition) is 4. The van der Waals surface area contributed by atoms with E-state index in [0.29, 0.717) is 6.42 Å². The highest BCUT2D eigenvalue weighted by Crippen LogP contribution is 2.22. The van der Waals surface area contributed by atoms with Gasteiger partial charge in [-0.2, -0.15) is 0 Å². The van der Waals surface area contributed by atoms with E-state index in [1.54, 1.807) is 0 Å². The van der Waals surface area contributed by atoms with Gasteiger partial charge in [-0.1, -0.05) is 0 Å². The molecule has 1 saturated heterocycles. The summed E-state index contributed by atoms with van der Waals surface area (Å²) in [5.41, 5.74) is 0. The van der Waals surface area contributed by atoms with E-state index in [9.17, 15) is 8.42 Å². The number of rotatable bonds is 5. The number of ether oxygens (including phenoxy) is 1. The summed E-state index contributed by atoms with van der Waals surface area (Å²) in [5.74, 6) is 0.162. The van der Waals surface area contributed by atoms with E-state index in [4.69, 9.17) is 16.7 Å². The van der Waals surface area contributed by atoms with E-state index in [0.717, 1.165) is 0 Å². The molecule has 1 aliphatic heterocycles. The molecule has 0 aromatic rings. The van der Waals surface area contributed by atoms with Crippen molar-refractivity contribution in [3.8, 4) is 0 Å². The molecule has 1 N–H and O–H groups in total. The van der Waals surface area contributed by atoms with Crippen LogP contribution in [-0.2, 0) is 14.6 Å². The molecule has 1 heterocycles. The maximum absolute atomic E-state index is 11.0. The van der Waals surface area contributed by atoms with Gasteiger partial charge in [0.05, 0.1) is 11.5 Å². The fraction of sp³-hybridized carbons (Fsp3) is 1.00. The predicted octanol–water partition coefficient (Wildman–Crippen LogP) is -0.253. The molecule has 0 amide bonds. The second kappa shape index (κ2) is 3.91. The Hall–Kier alpha value is 0.160. The zero-order valence-electron chi connectivity index (χ0n) is 6.44. The molecule has 0 saturated carbocycles. The van der Waals surface area contributed by atoms with Crippen molar-refractivity contribution in [3.63, 3.8) is 0 Å². The van der Waals surface area contributed by atoms with Crippen molar-refractivity contribution in [2.45, 2.75) is 18.8 Å². The molecule has 0 bridgehead atoms. The number of aliphatic hydroxyl groups excluding tert-OH is 1. The molecule has 0 radical (unpaired) electrons. The van der Waals surface area contributed by atoms with Crippen LogP contribution in [-0.4, -0.2) is 43.3 Å². The Morgan fingerprint density at radius 3 is 2.42 bits per heavy atom. The summed E-state index contributed by atoms with van der Waals surface area (Å²) in [6.45, 7) is 0. The minimum absolute atomic E-state index is 0.00261. The first-order valence-electron chi connectivity index (χ1n) is 3.65.